The number of nitrogens with one attached hydrogen (secondary N) is 1. The van der Waals surface area contributed by atoms with Crippen LogP contribution >= 0.6 is 23.5 Å². The summed E-state index contributed by atoms with van der Waals surface area (Å²) in [5.74, 6) is 2.81. The maximum absolute atomic E-state index is 12.0. The van der Waals surface area contributed by atoms with Crippen LogP contribution in [0.4, 0.5) is 5.69 Å². The molecule has 7 heteroatoms. The Morgan fingerprint density at radius 3 is 2.55 bits per heavy atom. The molecule has 1 aliphatic rings. The van der Waals surface area contributed by atoms with Gasteiger partial charge in [0.25, 0.3) is 0 Å². The molecule has 20 heavy (non-hydrogen) atoms. The third kappa shape index (κ3) is 5.55. The van der Waals surface area contributed by atoms with Crippen LogP contribution in [0, 0.1) is 0 Å². The number of hydrogen-bond donors (Lipinski definition) is 2. The van der Waals surface area contributed by atoms with Gasteiger partial charge in [-0.2, -0.15) is 11.8 Å². The van der Waals surface area contributed by atoms with E-state index in [1.807, 2.05) is 36.0 Å². The van der Waals surface area contributed by atoms with Crippen LogP contribution in [-0.4, -0.2) is 37.5 Å². The zero-order valence-corrected chi connectivity index (χ0v) is 13.7. The van der Waals surface area contributed by atoms with E-state index in [9.17, 15) is 8.42 Å². The first-order valence-electron chi connectivity index (χ1n) is 6.61. The number of hydrogen-bond acceptors (Lipinski definition) is 5. The number of rotatable bonds is 6. The molecular weight excluding hydrogens is 312 g/mol. The SMILES string of the molecule is Nc1ccc(SCCS(=O)(=O)NC2CCSCC2)cc1. The highest BCUT2D eigenvalue weighted by Gasteiger charge is 2.19. The van der Waals surface area contributed by atoms with E-state index >= 15 is 0 Å². The summed E-state index contributed by atoms with van der Waals surface area (Å²) >= 11 is 3.43. The van der Waals surface area contributed by atoms with E-state index in [1.54, 1.807) is 0 Å². The molecule has 3 N–H and O–H groups in total. The lowest BCUT2D eigenvalue weighted by Crippen LogP contribution is -2.39. The van der Waals surface area contributed by atoms with Gasteiger partial charge in [0.1, 0.15) is 0 Å². The van der Waals surface area contributed by atoms with Crippen molar-refractivity contribution in [2.45, 2.75) is 23.8 Å². The molecule has 0 unspecified atom stereocenters. The third-order valence-electron chi connectivity index (χ3n) is 3.07. The largest absolute Gasteiger partial charge is 0.399 e. The number of thioether (sulfide) groups is 2. The quantitative estimate of drug-likeness (QED) is 0.617. The van der Waals surface area contributed by atoms with Gasteiger partial charge in [0.2, 0.25) is 10.0 Å². The molecular formula is C13H20N2O2S3. The summed E-state index contributed by atoms with van der Waals surface area (Å²) < 4.78 is 26.8. The molecule has 112 valence electrons. The van der Waals surface area contributed by atoms with Gasteiger partial charge in [-0.25, -0.2) is 13.1 Å². The van der Waals surface area contributed by atoms with Gasteiger partial charge in [0.15, 0.2) is 0 Å². The fourth-order valence-corrected chi connectivity index (χ4v) is 5.70. The highest BCUT2D eigenvalue weighted by atomic mass is 32.2. The maximum Gasteiger partial charge on any atom is 0.212 e. The molecule has 4 nitrogen and oxygen atoms in total. The molecule has 1 aliphatic heterocycles. The number of benzene rings is 1. The van der Waals surface area contributed by atoms with Crippen molar-refractivity contribution in [3.8, 4) is 0 Å². The summed E-state index contributed by atoms with van der Waals surface area (Å²) in [4.78, 5) is 1.04. The summed E-state index contributed by atoms with van der Waals surface area (Å²) in [5, 5.41) is 0. The minimum absolute atomic E-state index is 0.128. The van der Waals surface area contributed by atoms with Crippen LogP contribution in [-0.2, 0) is 10.0 Å². The second kappa shape index (κ2) is 7.59. The molecule has 2 rings (SSSR count). The minimum atomic E-state index is -3.16. The fraction of sp³-hybridized carbons (Fsp3) is 0.538. The maximum atomic E-state index is 12.0. The number of anilines is 1. The number of nitrogens with two attached hydrogens (primary N) is 1. The molecule has 0 spiro atoms. The van der Waals surface area contributed by atoms with E-state index in [0.29, 0.717) is 5.75 Å². The molecule has 0 radical (unpaired) electrons. The van der Waals surface area contributed by atoms with E-state index in [1.165, 1.54) is 11.8 Å². The Morgan fingerprint density at radius 1 is 1.25 bits per heavy atom. The Hall–Kier alpha value is -0.370. The van der Waals surface area contributed by atoms with Crippen molar-refractivity contribution in [2.75, 3.05) is 28.7 Å². The molecule has 0 saturated carbocycles. The molecule has 1 aromatic rings. The predicted octanol–water partition coefficient (Wildman–Crippen LogP) is 2.18. The number of sulfonamides is 1. The molecule has 1 aromatic carbocycles. The van der Waals surface area contributed by atoms with Gasteiger partial charge < -0.3 is 5.73 Å². The smallest absolute Gasteiger partial charge is 0.212 e. The van der Waals surface area contributed by atoms with E-state index in [0.717, 1.165) is 34.9 Å². The van der Waals surface area contributed by atoms with Gasteiger partial charge in [-0.3, -0.25) is 0 Å². The van der Waals surface area contributed by atoms with Crippen molar-refractivity contribution >= 4 is 39.2 Å². The van der Waals surface area contributed by atoms with Crippen molar-refractivity contribution in [1.82, 2.24) is 4.72 Å². The Labute approximate surface area is 129 Å². The molecule has 1 fully saturated rings. The molecule has 1 saturated heterocycles. The minimum Gasteiger partial charge on any atom is -0.399 e. The Balaban J connectivity index is 1.75. The standard InChI is InChI=1S/C13H20N2O2S3/c14-11-1-3-13(4-2-11)19-9-10-20(16,17)15-12-5-7-18-8-6-12/h1-4,12,15H,5-10,14H2. The lowest BCUT2D eigenvalue weighted by molar-refractivity contribution is 0.530. The van der Waals surface area contributed by atoms with Crippen LogP contribution < -0.4 is 10.5 Å². The predicted molar refractivity (Wildman–Crippen MR) is 88.8 cm³/mol. The molecule has 0 amide bonds. The lowest BCUT2D eigenvalue weighted by atomic mass is 10.2. The van der Waals surface area contributed by atoms with Crippen molar-refractivity contribution < 1.29 is 8.42 Å². The molecule has 0 atom stereocenters. The van der Waals surface area contributed by atoms with Gasteiger partial charge in [-0.05, 0) is 48.6 Å². The van der Waals surface area contributed by atoms with Crippen molar-refractivity contribution in [1.29, 1.82) is 0 Å². The van der Waals surface area contributed by atoms with E-state index in [4.69, 9.17) is 5.73 Å². The Morgan fingerprint density at radius 2 is 1.90 bits per heavy atom. The zero-order valence-electron chi connectivity index (χ0n) is 11.2. The average Bonchev–Trinajstić information content (AvgIpc) is 2.41. The van der Waals surface area contributed by atoms with E-state index < -0.39 is 10.0 Å². The summed E-state index contributed by atoms with van der Waals surface area (Å²) in [6.45, 7) is 0. The zero-order chi connectivity index (χ0) is 14.4. The second-order valence-electron chi connectivity index (χ2n) is 4.74. The van der Waals surface area contributed by atoms with Crippen molar-refractivity contribution in [3.63, 3.8) is 0 Å². The lowest BCUT2D eigenvalue weighted by Gasteiger charge is -2.22. The summed E-state index contributed by atoms with van der Waals surface area (Å²) in [7, 11) is -3.16. The second-order valence-corrected chi connectivity index (χ2v) is 9.01. The Bertz CT molecular complexity index is 511. The summed E-state index contributed by atoms with van der Waals surface area (Å²) in [5.41, 5.74) is 6.33. The Kier molecular flexibility index (Phi) is 6.07. The van der Waals surface area contributed by atoms with Crippen LogP contribution in [0.5, 0.6) is 0 Å². The number of nitrogen functional groups attached to an aromatic ring is 1. The first kappa shape index (κ1) is 16.0. The highest BCUT2D eigenvalue weighted by Crippen LogP contribution is 2.20. The molecule has 0 bridgehead atoms. The first-order chi connectivity index (χ1) is 9.55. The normalized spacial score (nSPS) is 17.2. The average molecular weight is 333 g/mol. The van der Waals surface area contributed by atoms with Crippen LogP contribution in [0.1, 0.15) is 12.8 Å². The first-order valence-corrected chi connectivity index (χ1v) is 10.4. The monoisotopic (exact) mass is 332 g/mol. The summed E-state index contributed by atoms with van der Waals surface area (Å²) in [6.07, 6.45) is 1.88. The third-order valence-corrected chi connectivity index (χ3v) is 6.82. The van der Waals surface area contributed by atoms with Crippen LogP contribution in [0.2, 0.25) is 0 Å². The van der Waals surface area contributed by atoms with Crippen LogP contribution in [0.25, 0.3) is 0 Å². The topological polar surface area (TPSA) is 72.2 Å². The van der Waals surface area contributed by atoms with Gasteiger partial charge in [0, 0.05) is 22.4 Å². The summed E-state index contributed by atoms with van der Waals surface area (Å²) in [6, 6.07) is 7.61. The fourth-order valence-electron chi connectivity index (χ4n) is 1.96. The van der Waals surface area contributed by atoms with Crippen molar-refractivity contribution in [2.24, 2.45) is 0 Å². The van der Waals surface area contributed by atoms with Gasteiger partial charge in [0.05, 0.1) is 5.75 Å². The van der Waals surface area contributed by atoms with Crippen LogP contribution in [0.15, 0.2) is 29.2 Å². The highest BCUT2D eigenvalue weighted by molar-refractivity contribution is 8.00. The van der Waals surface area contributed by atoms with Gasteiger partial charge in [-0.15, -0.1) is 11.8 Å². The van der Waals surface area contributed by atoms with Crippen molar-refractivity contribution in [3.05, 3.63) is 24.3 Å². The van der Waals surface area contributed by atoms with Gasteiger partial charge in [-0.1, -0.05) is 0 Å². The molecule has 0 aromatic heterocycles. The van der Waals surface area contributed by atoms with E-state index in [2.05, 4.69) is 4.72 Å². The van der Waals surface area contributed by atoms with Crippen LogP contribution in [0.3, 0.4) is 0 Å². The molecule has 1 heterocycles. The molecule has 0 aliphatic carbocycles. The van der Waals surface area contributed by atoms with Gasteiger partial charge >= 0.3 is 0 Å². The van der Waals surface area contributed by atoms with E-state index in [-0.39, 0.29) is 11.8 Å².